The first kappa shape index (κ1) is 10.0. The Hall–Kier alpha value is -1.52. The largest absolute Gasteiger partial charge is 0.505 e. The molecule has 1 aromatic carbocycles. The molecular weight excluding hydrogens is 189 g/mol. The molecule has 0 amide bonds. The van der Waals surface area contributed by atoms with Crippen LogP contribution in [0.5, 0.6) is 0 Å². The van der Waals surface area contributed by atoms with Crippen LogP contribution in [-0.4, -0.2) is 21.7 Å². The van der Waals surface area contributed by atoms with Gasteiger partial charge in [-0.3, -0.25) is 0 Å². The van der Waals surface area contributed by atoms with Crippen LogP contribution in [0.25, 0.3) is 0 Å². The summed E-state index contributed by atoms with van der Waals surface area (Å²) in [5.41, 5.74) is 1.65. The van der Waals surface area contributed by atoms with E-state index in [1.165, 1.54) is 0 Å². The second kappa shape index (κ2) is 4.34. The first-order valence-corrected chi connectivity index (χ1v) is 4.82. The van der Waals surface area contributed by atoms with Gasteiger partial charge in [-0.2, -0.15) is 0 Å². The minimum absolute atomic E-state index is 0.513. The summed E-state index contributed by atoms with van der Waals surface area (Å²) in [5, 5.41) is 18.2. The third-order valence-corrected chi connectivity index (χ3v) is 2.32. The third kappa shape index (κ3) is 2.29. The van der Waals surface area contributed by atoms with Crippen molar-refractivity contribution >= 4 is 12.7 Å². The maximum atomic E-state index is 9.11. The summed E-state index contributed by atoms with van der Waals surface area (Å²) in [6.45, 7) is 0.654. The number of benzene rings is 1. The van der Waals surface area contributed by atoms with Crippen LogP contribution < -0.4 is 5.59 Å². The molecule has 15 heavy (non-hydrogen) atoms. The Balaban J connectivity index is 2.21. The number of hydrogen-bond donors (Lipinski definition) is 2. The highest BCUT2D eigenvalue weighted by atomic mass is 16.4. The highest BCUT2D eigenvalue weighted by Crippen LogP contribution is 2.01. The fraction of sp³-hybridized carbons (Fsp3) is 0.0909. The van der Waals surface area contributed by atoms with Gasteiger partial charge in [-0.1, -0.05) is 30.3 Å². The zero-order valence-corrected chi connectivity index (χ0v) is 8.24. The molecule has 4 heteroatoms. The van der Waals surface area contributed by atoms with Crippen LogP contribution in [0.1, 0.15) is 5.56 Å². The van der Waals surface area contributed by atoms with Crippen LogP contribution in [0.15, 0.2) is 48.7 Å². The molecule has 0 spiro atoms. The predicted octanol–water partition coefficient (Wildman–Crippen LogP) is 0.216. The van der Waals surface area contributed by atoms with Crippen LogP contribution in [0.2, 0.25) is 0 Å². The Bertz CT molecular complexity index is 425. The van der Waals surface area contributed by atoms with Crippen molar-refractivity contribution in [2.45, 2.75) is 6.54 Å². The van der Waals surface area contributed by atoms with Crippen molar-refractivity contribution in [2.24, 2.45) is 0 Å². The first-order chi connectivity index (χ1) is 7.27. The van der Waals surface area contributed by atoms with E-state index in [1.54, 1.807) is 12.1 Å². The second-order valence-corrected chi connectivity index (χ2v) is 3.42. The molecule has 1 heterocycles. The van der Waals surface area contributed by atoms with E-state index in [-0.39, 0.29) is 0 Å². The topological polar surface area (TPSA) is 45.4 Å². The average molecular weight is 201 g/mol. The molecule has 2 aromatic rings. The molecule has 0 aliphatic carbocycles. The molecule has 0 atom stereocenters. The van der Waals surface area contributed by atoms with E-state index in [1.807, 2.05) is 41.1 Å². The Morgan fingerprint density at radius 1 is 1.00 bits per heavy atom. The molecule has 0 saturated heterocycles. The molecule has 0 fully saturated rings. The monoisotopic (exact) mass is 201 g/mol. The van der Waals surface area contributed by atoms with Gasteiger partial charge in [0.25, 0.3) is 0 Å². The van der Waals surface area contributed by atoms with E-state index in [0.717, 1.165) is 5.56 Å². The summed E-state index contributed by atoms with van der Waals surface area (Å²) < 4.78 is 1.82. The van der Waals surface area contributed by atoms with E-state index >= 15 is 0 Å². The smallest absolute Gasteiger partial charge is 0.422 e. The summed E-state index contributed by atoms with van der Waals surface area (Å²) >= 11 is 0. The molecule has 0 bridgehead atoms. The molecule has 2 rings (SSSR count). The second-order valence-electron chi connectivity index (χ2n) is 3.42. The molecule has 3 nitrogen and oxygen atoms in total. The number of rotatable bonds is 3. The van der Waals surface area contributed by atoms with Gasteiger partial charge in [0.1, 0.15) is 0 Å². The number of nitrogens with zero attached hydrogens (tertiary/aromatic N) is 1. The first-order valence-electron chi connectivity index (χ1n) is 4.82. The number of aromatic nitrogens is 1. The van der Waals surface area contributed by atoms with E-state index < -0.39 is 7.12 Å². The van der Waals surface area contributed by atoms with Crippen LogP contribution in [0.4, 0.5) is 0 Å². The Labute approximate surface area is 88.8 Å². The third-order valence-electron chi connectivity index (χ3n) is 2.32. The normalized spacial score (nSPS) is 10.3. The van der Waals surface area contributed by atoms with Crippen molar-refractivity contribution in [3.8, 4) is 0 Å². The molecular formula is C11H12BNO2. The van der Waals surface area contributed by atoms with E-state index in [4.69, 9.17) is 10.0 Å². The van der Waals surface area contributed by atoms with Gasteiger partial charge in [0, 0.05) is 18.3 Å². The maximum Gasteiger partial charge on any atom is 0.505 e. The van der Waals surface area contributed by atoms with Crippen molar-refractivity contribution < 1.29 is 10.0 Å². The zero-order chi connectivity index (χ0) is 10.7. The molecule has 0 unspecified atom stereocenters. The lowest BCUT2D eigenvalue weighted by atomic mass is 9.86. The van der Waals surface area contributed by atoms with Gasteiger partial charge in [0.15, 0.2) is 0 Å². The summed E-state index contributed by atoms with van der Waals surface area (Å²) in [6.07, 6.45) is 1.84. The summed E-state index contributed by atoms with van der Waals surface area (Å²) in [5.74, 6) is 0. The molecule has 1 aromatic heterocycles. The van der Waals surface area contributed by atoms with Crippen LogP contribution in [0.3, 0.4) is 0 Å². The van der Waals surface area contributed by atoms with Gasteiger partial charge >= 0.3 is 7.12 Å². The standard InChI is InChI=1S/C11H12BNO2/c14-12(15)11-7-4-8-13(11)9-10-5-2-1-3-6-10/h1-8,14-15H,9H2. The fourth-order valence-electron chi connectivity index (χ4n) is 1.59. The average Bonchev–Trinajstić information content (AvgIpc) is 2.67. The lowest BCUT2D eigenvalue weighted by Gasteiger charge is -2.08. The molecule has 0 aliphatic heterocycles. The van der Waals surface area contributed by atoms with Gasteiger partial charge in [-0.05, 0) is 17.7 Å². The molecule has 0 radical (unpaired) electrons. The van der Waals surface area contributed by atoms with Gasteiger partial charge in [-0.25, -0.2) is 0 Å². The maximum absolute atomic E-state index is 9.11. The van der Waals surface area contributed by atoms with E-state index in [2.05, 4.69) is 0 Å². The SMILES string of the molecule is OB(O)c1cccn1Cc1ccccc1. The summed E-state index contributed by atoms with van der Waals surface area (Å²) in [6, 6.07) is 13.4. The Morgan fingerprint density at radius 3 is 2.40 bits per heavy atom. The lowest BCUT2D eigenvalue weighted by molar-refractivity contribution is 0.422. The van der Waals surface area contributed by atoms with Crippen molar-refractivity contribution in [2.75, 3.05) is 0 Å². The summed E-state index contributed by atoms with van der Waals surface area (Å²) in [4.78, 5) is 0. The van der Waals surface area contributed by atoms with Crippen LogP contribution in [0, 0.1) is 0 Å². The number of hydrogen-bond acceptors (Lipinski definition) is 2. The molecule has 0 aliphatic rings. The van der Waals surface area contributed by atoms with Gasteiger partial charge in [-0.15, -0.1) is 0 Å². The van der Waals surface area contributed by atoms with Gasteiger partial charge in [0.05, 0.1) is 0 Å². The van der Waals surface area contributed by atoms with E-state index in [0.29, 0.717) is 12.1 Å². The lowest BCUT2D eigenvalue weighted by Crippen LogP contribution is -2.36. The van der Waals surface area contributed by atoms with Crippen LogP contribution in [-0.2, 0) is 6.54 Å². The quantitative estimate of drug-likeness (QED) is 0.697. The van der Waals surface area contributed by atoms with E-state index in [9.17, 15) is 0 Å². The molecule has 2 N–H and O–H groups in total. The van der Waals surface area contributed by atoms with Crippen LogP contribution >= 0.6 is 0 Å². The van der Waals surface area contributed by atoms with Gasteiger partial charge < -0.3 is 14.6 Å². The van der Waals surface area contributed by atoms with Gasteiger partial charge in [0.2, 0.25) is 0 Å². The van der Waals surface area contributed by atoms with Crippen molar-refractivity contribution in [1.82, 2.24) is 4.57 Å². The Kier molecular flexibility index (Phi) is 2.90. The fourth-order valence-corrected chi connectivity index (χ4v) is 1.59. The van der Waals surface area contributed by atoms with Crippen molar-refractivity contribution in [1.29, 1.82) is 0 Å². The predicted molar refractivity (Wildman–Crippen MR) is 59.8 cm³/mol. The Morgan fingerprint density at radius 2 is 1.73 bits per heavy atom. The molecule has 0 saturated carbocycles. The zero-order valence-electron chi connectivity index (χ0n) is 8.24. The molecule has 76 valence electrons. The highest BCUT2D eigenvalue weighted by Gasteiger charge is 2.15. The minimum atomic E-state index is -1.41. The van der Waals surface area contributed by atoms with Crippen molar-refractivity contribution in [3.63, 3.8) is 0 Å². The van der Waals surface area contributed by atoms with Crippen molar-refractivity contribution in [3.05, 3.63) is 54.2 Å². The minimum Gasteiger partial charge on any atom is -0.422 e. The highest BCUT2D eigenvalue weighted by molar-refractivity contribution is 6.57. The summed E-state index contributed by atoms with van der Waals surface area (Å²) in [7, 11) is -1.41.